The molecule has 4 N–H and O–H groups in total. The number of rotatable bonds is 6. The van der Waals surface area contributed by atoms with Gasteiger partial charge in [-0.05, 0) is 123 Å². The van der Waals surface area contributed by atoms with Crippen LogP contribution in [-0.2, 0) is 11.2 Å². The van der Waals surface area contributed by atoms with Crippen molar-refractivity contribution in [1.82, 2.24) is 9.80 Å². The molecule has 0 aromatic heterocycles. The van der Waals surface area contributed by atoms with Crippen LogP contribution in [-0.4, -0.2) is 67.3 Å². The number of carbonyl (C=O) groups is 1. The maximum Gasteiger partial charge on any atom is 0.238 e. The number of fused-ring (bicyclic) bond motifs is 3. The van der Waals surface area contributed by atoms with E-state index in [4.69, 9.17) is 5.73 Å². The number of hydrogen-bond donors (Lipinski definition) is 3. The van der Waals surface area contributed by atoms with Crippen LogP contribution in [0.3, 0.4) is 0 Å². The number of nitrogens with one attached hydrogen (secondary N) is 1. The zero-order valence-corrected chi connectivity index (χ0v) is 26.5. The van der Waals surface area contributed by atoms with Crippen LogP contribution >= 0.6 is 0 Å². The predicted molar refractivity (Wildman–Crippen MR) is 178 cm³/mol. The number of nitrogens with two attached hydrogens (primary N) is 1. The van der Waals surface area contributed by atoms with Gasteiger partial charge in [0.05, 0.1) is 12.6 Å². The second-order valence-corrected chi connectivity index (χ2v) is 13.2. The fourth-order valence-electron chi connectivity index (χ4n) is 7.92. The van der Waals surface area contributed by atoms with Gasteiger partial charge in [-0.1, -0.05) is 49.9 Å². The maximum absolute atomic E-state index is 12.5. The van der Waals surface area contributed by atoms with E-state index in [0.29, 0.717) is 6.54 Å². The molecule has 0 bridgehead atoms. The van der Waals surface area contributed by atoms with Gasteiger partial charge in [0.1, 0.15) is 5.76 Å². The lowest BCUT2D eigenvalue weighted by Crippen LogP contribution is -2.56. The minimum atomic E-state index is -0.740. The molecule has 3 aliphatic rings. The highest BCUT2D eigenvalue weighted by Gasteiger charge is 2.53. The highest BCUT2D eigenvalue weighted by Crippen LogP contribution is 2.59. The molecule has 0 heterocycles. The average molecular weight is 579 g/mol. The molecule has 226 valence electrons. The molecule has 2 aromatic carbocycles. The largest absolute Gasteiger partial charge is 0.806 e. The van der Waals surface area contributed by atoms with Gasteiger partial charge in [0.25, 0.3) is 0 Å². The lowest BCUT2D eigenvalue weighted by Gasteiger charge is -2.58. The number of aliphatic hydroxyl groups is 1. The van der Waals surface area contributed by atoms with Gasteiger partial charge in [-0.2, -0.15) is 5.71 Å². The minimum absolute atomic E-state index is 0.0568. The summed E-state index contributed by atoms with van der Waals surface area (Å²) in [4.78, 5) is 16.3. The molecule has 3 aliphatic carbocycles. The number of carbonyl (C=O) groups excluding carboxylic acids is 1. The predicted octanol–water partition coefficient (Wildman–Crippen LogP) is 5.93. The number of likely N-dealkylation sites (N-methyl/N-ethyl adjacent to an activating group) is 2. The Labute approximate surface area is 256 Å². The molecule has 0 saturated heterocycles. The summed E-state index contributed by atoms with van der Waals surface area (Å²) in [6.45, 7) is 15.2. The number of amides is 1. The van der Waals surface area contributed by atoms with E-state index in [0.717, 1.165) is 51.9 Å². The van der Waals surface area contributed by atoms with Gasteiger partial charge in [-0.25, -0.2) is 0 Å². The first-order valence-corrected chi connectivity index (χ1v) is 14.9. The van der Waals surface area contributed by atoms with Crippen molar-refractivity contribution in [2.75, 3.05) is 40.1 Å². The average Bonchev–Trinajstić information content (AvgIpc) is 2.90. The van der Waals surface area contributed by atoms with Crippen LogP contribution in [0.2, 0.25) is 0 Å². The van der Waals surface area contributed by atoms with Crippen molar-refractivity contribution in [3.63, 3.8) is 0 Å². The summed E-state index contributed by atoms with van der Waals surface area (Å²) >= 11 is 0. The summed E-state index contributed by atoms with van der Waals surface area (Å²) in [6.07, 6.45) is 1.57. The Morgan fingerprint density at radius 1 is 1.19 bits per heavy atom. The van der Waals surface area contributed by atoms with E-state index in [2.05, 4.69) is 57.4 Å². The number of nitrogens with zero attached hydrogens (tertiary/aromatic N) is 3. The second kappa shape index (κ2) is 11.0. The van der Waals surface area contributed by atoms with Crippen molar-refractivity contribution in [1.29, 1.82) is 0 Å². The molecule has 5 rings (SSSR count). The van der Waals surface area contributed by atoms with Crippen LogP contribution in [0.1, 0.15) is 37.0 Å². The first-order chi connectivity index (χ1) is 20.2. The van der Waals surface area contributed by atoms with Crippen LogP contribution in [0, 0.1) is 24.2 Å². The zero-order valence-electron chi connectivity index (χ0n) is 26.5. The van der Waals surface area contributed by atoms with E-state index < -0.39 is 5.41 Å². The van der Waals surface area contributed by atoms with E-state index in [1.165, 1.54) is 11.1 Å². The quantitative estimate of drug-likeness (QED) is 0.394. The Morgan fingerprint density at radius 2 is 1.88 bits per heavy atom. The highest BCUT2D eigenvalue weighted by atomic mass is 16.3. The summed E-state index contributed by atoms with van der Waals surface area (Å²) in [7, 11) is 7.66. The number of aliphatic hydroxyl groups excluding tert-OH is 1. The number of hydrogen-bond acceptors (Lipinski definition) is 5. The zero-order chi connectivity index (χ0) is 31.5. The van der Waals surface area contributed by atoms with Crippen molar-refractivity contribution < 1.29 is 9.90 Å². The third-order valence-corrected chi connectivity index (χ3v) is 9.91. The summed E-state index contributed by atoms with van der Waals surface area (Å²) in [5, 5.41) is 26.2. The van der Waals surface area contributed by atoms with Crippen LogP contribution < -0.4 is 11.1 Å². The highest BCUT2D eigenvalue weighted by molar-refractivity contribution is 6.13. The first-order valence-electron chi connectivity index (χ1n) is 14.9. The van der Waals surface area contributed by atoms with Crippen molar-refractivity contribution in [2.45, 2.75) is 39.7 Å². The smallest absolute Gasteiger partial charge is 0.238 e. The Hall–Kier alpha value is -3.94. The lowest BCUT2D eigenvalue weighted by molar-refractivity contribution is -0.116. The van der Waals surface area contributed by atoms with Crippen LogP contribution in [0.5, 0.6) is 0 Å². The molecule has 7 nitrogen and oxygen atoms in total. The first kappa shape index (κ1) is 30.5. The van der Waals surface area contributed by atoms with Gasteiger partial charge in [-0.15, -0.1) is 0 Å². The summed E-state index contributed by atoms with van der Waals surface area (Å²) in [6, 6.07) is 12.0. The third kappa shape index (κ3) is 4.85. The van der Waals surface area contributed by atoms with Crippen molar-refractivity contribution >= 4 is 22.9 Å². The molecule has 4 atom stereocenters. The van der Waals surface area contributed by atoms with Gasteiger partial charge in [0, 0.05) is 17.0 Å². The van der Waals surface area contributed by atoms with Gasteiger partial charge in [-0.3, -0.25) is 9.69 Å². The third-order valence-electron chi connectivity index (χ3n) is 9.91. The van der Waals surface area contributed by atoms with Crippen molar-refractivity contribution in [3.8, 4) is 11.1 Å². The summed E-state index contributed by atoms with van der Waals surface area (Å²) in [5.41, 5.74) is 15.6. The molecule has 1 amide bonds. The monoisotopic (exact) mass is 578 g/mol. The lowest BCUT2D eigenvalue weighted by atomic mass is 9.51. The minimum Gasteiger partial charge on any atom is -0.806 e. The van der Waals surface area contributed by atoms with E-state index >= 15 is 0 Å². The van der Waals surface area contributed by atoms with Gasteiger partial charge >= 0.3 is 0 Å². The van der Waals surface area contributed by atoms with Crippen LogP contribution in [0.25, 0.3) is 22.1 Å². The normalized spacial score (nSPS) is 25.1. The number of anilines is 1. The van der Waals surface area contributed by atoms with Crippen molar-refractivity contribution in [3.05, 3.63) is 99.8 Å². The second-order valence-electron chi connectivity index (χ2n) is 13.2. The fraction of sp³-hybridized carbons (Fsp3) is 0.389. The SMILES string of the molecule is C=C(N)C1=C(O)[C@@H](N(C)C)[C@@H]2C[C@@H]3Cc4c(-c5cccc(NC(=O)CN(C)C)c5)ccc(C)c4C(=C)C3=C(C)[C@]2(C)C1=[N-]. The maximum atomic E-state index is 12.5. The Bertz CT molecular complexity index is 1630. The van der Waals surface area contributed by atoms with E-state index in [1.54, 1.807) is 0 Å². The molecule has 0 fully saturated rings. The fourth-order valence-corrected chi connectivity index (χ4v) is 7.92. The standard InChI is InChI=1S/C36H44N5O2/c1-19-13-14-26(23-11-10-12-25(15-23)39-29(42)18-40(6)7)27-16-24-17-28-33(41(8)9)34(43)32(22(4)37)35(38)36(28,5)21(3)31(24)20(2)30(19)27/h10-15,24,28,33,43H,2,4,16-18,37H2,1,3,5-9H3,(H,39,42)/q-1/t24-,28-,33-,36-/m0/s1. The van der Waals surface area contributed by atoms with E-state index in [9.17, 15) is 15.3 Å². The molecule has 0 aliphatic heterocycles. The van der Waals surface area contributed by atoms with Gasteiger partial charge in [0.2, 0.25) is 5.91 Å². The molecule has 43 heavy (non-hydrogen) atoms. The topological polar surface area (TPSA) is 104 Å². The van der Waals surface area contributed by atoms with Crippen LogP contribution in [0.4, 0.5) is 5.69 Å². The molecule has 0 spiro atoms. The summed E-state index contributed by atoms with van der Waals surface area (Å²) in [5.74, 6) is 0.0940. The molecule has 0 radical (unpaired) electrons. The molecular weight excluding hydrogens is 534 g/mol. The van der Waals surface area contributed by atoms with Crippen LogP contribution in [0.15, 0.2) is 77.7 Å². The molecule has 0 saturated carbocycles. The van der Waals surface area contributed by atoms with E-state index in [-0.39, 0.29) is 46.5 Å². The molecule has 0 unspecified atom stereocenters. The Morgan fingerprint density at radius 3 is 2.51 bits per heavy atom. The molecular formula is C36H44N5O2-. The number of aryl methyl sites for hydroxylation is 1. The number of allylic oxidation sites excluding steroid dienone is 4. The number of benzene rings is 2. The van der Waals surface area contributed by atoms with E-state index in [1.807, 2.05) is 56.2 Å². The molecule has 7 heteroatoms. The summed E-state index contributed by atoms with van der Waals surface area (Å²) < 4.78 is 0. The Kier molecular flexibility index (Phi) is 7.78. The molecule has 2 aromatic rings. The van der Waals surface area contributed by atoms with Crippen molar-refractivity contribution in [2.24, 2.45) is 23.0 Å². The van der Waals surface area contributed by atoms with Gasteiger partial charge < -0.3 is 26.5 Å². The van der Waals surface area contributed by atoms with Gasteiger partial charge in [0.15, 0.2) is 0 Å². The Balaban J connectivity index is 1.63.